The first-order valence-electron chi connectivity index (χ1n) is 8.17. The molecule has 26 heavy (non-hydrogen) atoms. The van der Waals surface area contributed by atoms with E-state index in [0.29, 0.717) is 11.1 Å². The number of likely N-dealkylation sites (N-methyl/N-ethyl adjacent to an activating group) is 1. The van der Waals surface area contributed by atoms with Crippen molar-refractivity contribution >= 4 is 23.9 Å². The molecule has 0 aromatic heterocycles. The number of carbonyl (C=O) groups is 4. The van der Waals surface area contributed by atoms with Crippen LogP contribution in [0.3, 0.4) is 0 Å². The van der Waals surface area contributed by atoms with Crippen molar-refractivity contribution in [2.75, 3.05) is 13.6 Å². The SMILES string of the molecule is CN(C(=O)OC(C)(C)C)C(CCN1C(=O)c2ccccc2C1=O)C(=O)O. The van der Waals surface area contributed by atoms with Crippen LogP contribution in [0, 0.1) is 0 Å². The van der Waals surface area contributed by atoms with Crippen LogP contribution in [0.15, 0.2) is 24.3 Å². The largest absolute Gasteiger partial charge is 0.480 e. The molecule has 1 aliphatic heterocycles. The minimum atomic E-state index is -1.24. The third kappa shape index (κ3) is 4.01. The van der Waals surface area contributed by atoms with Crippen molar-refractivity contribution in [1.82, 2.24) is 9.80 Å². The maximum Gasteiger partial charge on any atom is 0.410 e. The van der Waals surface area contributed by atoms with E-state index >= 15 is 0 Å². The molecule has 0 saturated heterocycles. The van der Waals surface area contributed by atoms with Crippen LogP contribution in [0.4, 0.5) is 4.79 Å². The Labute approximate surface area is 151 Å². The highest BCUT2D eigenvalue weighted by Crippen LogP contribution is 2.23. The highest BCUT2D eigenvalue weighted by atomic mass is 16.6. The Bertz CT molecular complexity index is 717. The van der Waals surface area contributed by atoms with Crippen molar-refractivity contribution in [3.05, 3.63) is 35.4 Å². The van der Waals surface area contributed by atoms with Crippen molar-refractivity contribution in [2.24, 2.45) is 0 Å². The number of carboxylic acid groups (broad SMARTS) is 1. The van der Waals surface area contributed by atoms with Crippen LogP contribution in [-0.4, -0.2) is 64.0 Å². The predicted molar refractivity (Wildman–Crippen MR) is 91.8 cm³/mol. The Morgan fingerprint density at radius 2 is 1.65 bits per heavy atom. The van der Waals surface area contributed by atoms with Gasteiger partial charge in [-0.15, -0.1) is 0 Å². The zero-order valence-corrected chi connectivity index (χ0v) is 15.2. The van der Waals surface area contributed by atoms with Crippen LogP contribution in [0.1, 0.15) is 47.9 Å². The second-order valence-corrected chi connectivity index (χ2v) is 7.04. The van der Waals surface area contributed by atoms with Gasteiger partial charge in [0.25, 0.3) is 11.8 Å². The lowest BCUT2D eigenvalue weighted by atomic mass is 10.1. The van der Waals surface area contributed by atoms with Crippen LogP contribution >= 0.6 is 0 Å². The van der Waals surface area contributed by atoms with Gasteiger partial charge in [-0.1, -0.05) is 12.1 Å². The van der Waals surface area contributed by atoms with Crippen molar-refractivity contribution < 1.29 is 29.0 Å². The van der Waals surface area contributed by atoms with Crippen molar-refractivity contribution in [2.45, 2.75) is 38.8 Å². The van der Waals surface area contributed by atoms with Gasteiger partial charge in [0, 0.05) is 13.6 Å². The third-order valence-electron chi connectivity index (χ3n) is 3.94. The van der Waals surface area contributed by atoms with Gasteiger partial charge >= 0.3 is 12.1 Å². The number of amides is 3. The van der Waals surface area contributed by atoms with Crippen LogP contribution in [0.25, 0.3) is 0 Å². The lowest BCUT2D eigenvalue weighted by Crippen LogP contribution is -2.46. The highest BCUT2D eigenvalue weighted by molar-refractivity contribution is 6.21. The highest BCUT2D eigenvalue weighted by Gasteiger charge is 2.37. The number of nitrogens with zero attached hydrogens (tertiary/aromatic N) is 2. The molecule has 0 saturated carbocycles. The van der Waals surface area contributed by atoms with Crippen LogP contribution in [0.5, 0.6) is 0 Å². The number of rotatable bonds is 5. The summed E-state index contributed by atoms with van der Waals surface area (Å²) in [4.78, 5) is 50.3. The van der Waals surface area contributed by atoms with E-state index in [1.807, 2.05) is 0 Å². The quantitative estimate of drug-likeness (QED) is 0.803. The molecule has 8 heteroatoms. The summed E-state index contributed by atoms with van der Waals surface area (Å²) in [5, 5.41) is 9.43. The number of hydrogen-bond acceptors (Lipinski definition) is 5. The normalized spacial score (nSPS) is 14.8. The molecule has 1 aliphatic rings. The Kier molecular flexibility index (Phi) is 5.34. The molecule has 3 amide bonds. The summed E-state index contributed by atoms with van der Waals surface area (Å²) < 4.78 is 5.17. The minimum Gasteiger partial charge on any atom is -0.480 e. The molecule has 2 rings (SSSR count). The van der Waals surface area contributed by atoms with Crippen LogP contribution in [-0.2, 0) is 9.53 Å². The lowest BCUT2D eigenvalue weighted by molar-refractivity contribution is -0.143. The Morgan fingerprint density at radius 1 is 1.15 bits per heavy atom. The molecular formula is C18H22N2O6. The smallest absolute Gasteiger partial charge is 0.410 e. The van der Waals surface area contributed by atoms with E-state index in [2.05, 4.69) is 0 Å². The number of ether oxygens (including phenoxy) is 1. The Balaban J connectivity index is 2.08. The molecule has 0 radical (unpaired) electrons. The summed E-state index contributed by atoms with van der Waals surface area (Å²) in [6.07, 6.45) is -0.886. The Hall–Kier alpha value is -2.90. The maximum absolute atomic E-state index is 12.3. The van der Waals surface area contributed by atoms with Crippen LogP contribution in [0.2, 0.25) is 0 Å². The number of benzene rings is 1. The van der Waals surface area contributed by atoms with E-state index in [4.69, 9.17) is 4.74 Å². The van der Waals surface area contributed by atoms with Gasteiger partial charge in [0.1, 0.15) is 11.6 Å². The molecule has 1 N–H and O–H groups in total. The third-order valence-corrected chi connectivity index (χ3v) is 3.94. The molecule has 0 aliphatic carbocycles. The molecule has 1 heterocycles. The second kappa shape index (κ2) is 7.15. The van der Waals surface area contributed by atoms with Gasteiger partial charge in [0.05, 0.1) is 11.1 Å². The van der Waals surface area contributed by atoms with Crippen molar-refractivity contribution in [3.63, 3.8) is 0 Å². The first-order chi connectivity index (χ1) is 12.0. The number of fused-ring (bicyclic) bond motifs is 1. The lowest BCUT2D eigenvalue weighted by Gasteiger charge is -2.29. The summed E-state index contributed by atoms with van der Waals surface area (Å²) in [5.74, 6) is -2.17. The zero-order chi connectivity index (χ0) is 19.6. The van der Waals surface area contributed by atoms with Gasteiger partial charge in [-0.2, -0.15) is 0 Å². The number of aliphatic carboxylic acids is 1. The predicted octanol–water partition coefficient (Wildman–Crippen LogP) is 1.99. The summed E-state index contributed by atoms with van der Waals surface area (Å²) in [7, 11) is 1.31. The van der Waals surface area contributed by atoms with E-state index in [-0.39, 0.29) is 13.0 Å². The zero-order valence-electron chi connectivity index (χ0n) is 15.2. The van der Waals surface area contributed by atoms with E-state index in [1.165, 1.54) is 7.05 Å². The summed E-state index contributed by atoms with van der Waals surface area (Å²) in [6.45, 7) is 4.91. The first kappa shape index (κ1) is 19.4. The topological polar surface area (TPSA) is 104 Å². The maximum atomic E-state index is 12.3. The van der Waals surface area contributed by atoms with Gasteiger partial charge in [0.2, 0.25) is 0 Å². The molecule has 140 valence electrons. The van der Waals surface area contributed by atoms with Crippen LogP contribution < -0.4 is 0 Å². The van der Waals surface area contributed by atoms with Gasteiger partial charge < -0.3 is 9.84 Å². The molecular weight excluding hydrogens is 340 g/mol. The van der Waals surface area contributed by atoms with Gasteiger partial charge in [0.15, 0.2) is 0 Å². The van der Waals surface area contributed by atoms with E-state index < -0.39 is 35.5 Å². The molecule has 1 aromatic rings. The molecule has 0 bridgehead atoms. The first-order valence-corrected chi connectivity index (χ1v) is 8.17. The molecule has 8 nitrogen and oxygen atoms in total. The summed E-state index contributed by atoms with van der Waals surface area (Å²) in [6, 6.07) is 5.19. The van der Waals surface area contributed by atoms with E-state index in [0.717, 1.165) is 9.80 Å². The number of hydrogen-bond donors (Lipinski definition) is 1. The standard InChI is InChI=1S/C18H22N2O6/c1-18(2,3)26-17(25)19(4)13(16(23)24)9-10-20-14(21)11-7-5-6-8-12(11)15(20)22/h5-8,13H,9-10H2,1-4H3,(H,23,24). The fourth-order valence-electron chi connectivity index (χ4n) is 2.64. The monoisotopic (exact) mass is 362 g/mol. The fraction of sp³-hybridized carbons (Fsp3) is 0.444. The van der Waals surface area contributed by atoms with E-state index in [9.17, 15) is 24.3 Å². The number of imide groups is 1. The van der Waals surface area contributed by atoms with Crippen molar-refractivity contribution in [1.29, 1.82) is 0 Å². The fourth-order valence-corrected chi connectivity index (χ4v) is 2.64. The summed E-state index contributed by atoms with van der Waals surface area (Å²) in [5.41, 5.74) is -0.175. The molecule has 0 spiro atoms. The second-order valence-electron chi connectivity index (χ2n) is 7.04. The molecule has 1 atom stereocenters. The number of carboxylic acids is 1. The van der Waals surface area contributed by atoms with Gasteiger partial charge in [-0.25, -0.2) is 9.59 Å². The van der Waals surface area contributed by atoms with E-state index in [1.54, 1.807) is 45.0 Å². The van der Waals surface area contributed by atoms with Crippen molar-refractivity contribution in [3.8, 4) is 0 Å². The summed E-state index contributed by atoms with van der Waals surface area (Å²) >= 11 is 0. The van der Waals surface area contributed by atoms with Gasteiger partial charge in [-0.3, -0.25) is 19.4 Å². The minimum absolute atomic E-state index is 0.101. The average Bonchev–Trinajstić information content (AvgIpc) is 2.78. The molecule has 0 fully saturated rings. The molecule has 1 unspecified atom stereocenters. The molecule has 1 aromatic carbocycles. The van der Waals surface area contributed by atoms with Gasteiger partial charge in [-0.05, 0) is 39.3 Å². The average molecular weight is 362 g/mol. The number of carbonyl (C=O) groups excluding carboxylic acids is 3. The Morgan fingerprint density at radius 3 is 2.08 bits per heavy atom.